The Balaban J connectivity index is 2.31. The molecular weight excluding hydrogens is 288 g/mol. The highest BCUT2D eigenvalue weighted by Crippen LogP contribution is 2.29. The van der Waals surface area contributed by atoms with Crippen molar-refractivity contribution in [3.8, 4) is 11.5 Å². The molecule has 8 heteroatoms. The molecule has 1 aromatic heterocycles. The topological polar surface area (TPSA) is 105 Å². The van der Waals surface area contributed by atoms with Crippen LogP contribution < -0.4 is 25.7 Å². The molecule has 3 N–H and O–H groups in total. The molecule has 1 amide bonds. The number of carbonyl (C=O) groups excluding carboxylic acids is 1. The van der Waals surface area contributed by atoms with Gasteiger partial charge in [0, 0.05) is 13.1 Å². The van der Waals surface area contributed by atoms with Crippen LogP contribution in [0.5, 0.6) is 11.5 Å². The number of hydrogen-bond donors (Lipinski definition) is 3. The number of nitrogens with one attached hydrogen (secondary N) is 3. The quantitative estimate of drug-likeness (QED) is 0.681. The molecule has 8 nitrogen and oxygen atoms in total. The Morgan fingerprint density at radius 1 is 1.27 bits per heavy atom. The third-order valence-electron chi connectivity index (χ3n) is 3.12. The van der Waals surface area contributed by atoms with E-state index in [2.05, 4.69) is 20.6 Å². The smallest absolute Gasteiger partial charge is 0.258 e. The number of aromatic nitrogens is 2. The summed E-state index contributed by atoms with van der Waals surface area (Å²) in [7, 11) is 4.57. The predicted molar refractivity (Wildman–Crippen MR) is 81.2 cm³/mol. The van der Waals surface area contributed by atoms with Crippen molar-refractivity contribution in [1.29, 1.82) is 0 Å². The van der Waals surface area contributed by atoms with Crippen LogP contribution in [0.3, 0.4) is 0 Å². The summed E-state index contributed by atoms with van der Waals surface area (Å²) in [5.41, 5.74) is 0.223. The van der Waals surface area contributed by atoms with Crippen molar-refractivity contribution in [3.63, 3.8) is 0 Å². The molecule has 1 heterocycles. The van der Waals surface area contributed by atoms with Crippen LogP contribution in [0.2, 0.25) is 0 Å². The summed E-state index contributed by atoms with van der Waals surface area (Å²) in [6.45, 7) is 0.414. The fourth-order valence-electron chi connectivity index (χ4n) is 1.98. The molecule has 0 aliphatic rings. The lowest BCUT2D eigenvalue weighted by molar-refractivity contribution is -0.119. The molecule has 0 aliphatic carbocycles. The van der Waals surface area contributed by atoms with Crippen LogP contribution >= 0.6 is 0 Å². The Morgan fingerprint density at radius 2 is 1.95 bits per heavy atom. The number of carbonyl (C=O) groups is 1. The number of aromatic amines is 1. The molecular formula is C14H18N4O4. The SMILES string of the molecule is CNC(=O)CNCc1nc2cc(OC)c(OC)cc2c(=O)[nH]1. The minimum Gasteiger partial charge on any atom is -0.493 e. The van der Waals surface area contributed by atoms with Crippen LogP contribution in [0.25, 0.3) is 10.9 Å². The summed E-state index contributed by atoms with van der Waals surface area (Å²) in [6, 6.07) is 3.23. The van der Waals surface area contributed by atoms with E-state index in [1.54, 1.807) is 19.2 Å². The molecule has 2 rings (SSSR count). The van der Waals surface area contributed by atoms with Gasteiger partial charge >= 0.3 is 0 Å². The van der Waals surface area contributed by atoms with Crippen molar-refractivity contribution < 1.29 is 14.3 Å². The Labute approximate surface area is 126 Å². The van der Waals surface area contributed by atoms with E-state index in [-0.39, 0.29) is 24.6 Å². The lowest BCUT2D eigenvalue weighted by Gasteiger charge is -2.09. The number of nitrogens with zero attached hydrogens (tertiary/aromatic N) is 1. The maximum absolute atomic E-state index is 12.1. The van der Waals surface area contributed by atoms with Gasteiger partial charge in [-0.05, 0) is 6.07 Å². The predicted octanol–water partition coefficient (Wildman–Crippen LogP) is -0.224. The fraction of sp³-hybridized carbons (Fsp3) is 0.357. The van der Waals surface area contributed by atoms with Crippen molar-refractivity contribution in [2.24, 2.45) is 0 Å². The summed E-state index contributed by atoms with van der Waals surface area (Å²) in [5, 5.41) is 5.80. The Hall–Kier alpha value is -2.61. The van der Waals surface area contributed by atoms with Crippen molar-refractivity contribution in [1.82, 2.24) is 20.6 Å². The molecule has 0 bridgehead atoms. The molecule has 0 saturated carbocycles. The van der Waals surface area contributed by atoms with E-state index in [0.717, 1.165) is 0 Å². The van der Waals surface area contributed by atoms with Crippen molar-refractivity contribution >= 4 is 16.8 Å². The maximum Gasteiger partial charge on any atom is 0.258 e. The van der Waals surface area contributed by atoms with Gasteiger partial charge in [-0.25, -0.2) is 4.98 Å². The third kappa shape index (κ3) is 3.34. The largest absolute Gasteiger partial charge is 0.493 e. The molecule has 1 aromatic carbocycles. The first kappa shape index (κ1) is 15.8. The van der Waals surface area contributed by atoms with Gasteiger partial charge in [-0.2, -0.15) is 0 Å². The van der Waals surface area contributed by atoms with Gasteiger partial charge in [0.2, 0.25) is 5.91 Å². The van der Waals surface area contributed by atoms with Crippen molar-refractivity contribution in [2.45, 2.75) is 6.54 Å². The van der Waals surface area contributed by atoms with Gasteiger partial charge in [-0.1, -0.05) is 0 Å². The number of likely N-dealkylation sites (N-methyl/N-ethyl adjacent to an activating group) is 1. The van der Waals surface area contributed by atoms with E-state index in [1.807, 2.05) is 0 Å². The molecule has 0 spiro atoms. The second kappa shape index (κ2) is 6.90. The fourth-order valence-corrected chi connectivity index (χ4v) is 1.98. The van der Waals surface area contributed by atoms with Gasteiger partial charge in [-0.15, -0.1) is 0 Å². The zero-order valence-electron chi connectivity index (χ0n) is 12.6. The van der Waals surface area contributed by atoms with E-state index in [1.165, 1.54) is 14.2 Å². The van der Waals surface area contributed by atoms with E-state index in [9.17, 15) is 9.59 Å². The third-order valence-corrected chi connectivity index (χ3v) is 3.12. The number of amides is 1. The number of rotatable bonds is 6. The average Bonchev–Trinajstić information content (AvgIpc) is 2.53. The number of ether oxygens (including phenoxy) is 2. The lowest BCUT2D eigenvalue weighted by Crippen LogP contribution is -2.31. The standard InChI is InChI=1S/C14H18N4O4/c1-15-13(19)7-16-6-12-17-9-5-11(22-3)10(21-2)4-8(9)14(20)18-12/h4-5,16H,6-7H2,1-3H3,(H,15,19)(H,17,18,20). The normalized spacial score (nSPS) is 10.5. The zero-order chi connectivity index (χ0) is 16.1. The van der Waals surface area contributed by atoms with Crippen LogP contribution in [0.1, 0.15) is 5.82 Å². The minimum atomic E-state index is -0.275. The summed E-state index contributed by atoms with van der Waals surface area (Å²) in [6.07, 6.45) is 0. The molecule has 0 fully saturated rings. The molecule has 118 valence electrons. The van der Waals surface area contributed by atoms with Crippen molar-refractivity contribution in [2.75, 3.05) is 27.8 Å². The highest BCUT2D eigenvalue weighted by atomic mass is 16.5. The molecule has 0 aliphatic heterocycles. The van der Waals surface area contributed by atoms with Crippen LogP contribution in [0, 0.1) is 0 Å². The monoisotopic (exact) mass is 306 g/mol. The van der Waals surface area contributed by atoms with E-state index >= 15 is 0 Å². The maximum atomic E-state index is 12.1. The highest BCUT2D eigenvalue weighted by Gasteiger charge is 2.11. The Morgan fingerprint density at radius 3 is 2.59 bits per heavy atom. The van der Waals surface area contributed by atoms with E-state index in [4.69, 9.17) is 9.47 Å². The molecule has 22 heavy (non-hydrogen) atoms. The molecule has 0 radical (unpaired) electrons. The number of benzene rings is 1. The van der Waals surface area contributed by atoms with Gasteiger partial charge in [0.05, 0.1) is 38.2 Å². The van der Waals surface area contributed by atoms with Gasteiger partial charge in [0.1, 0.15) is 5.82 Å². The van der Waals surface area contributed by atoms with E-state index in [0.29, 0.717) is 28.2 Å². The van der Waals surface area contributed by atoms with Crippen LogP contribution in [0.15, 0.2) is 16.9 Å². The first-order valence-electron chi connectivity index (χ1n) is 6.65. The van der Waals surface area contributed by atoms with Gasteiger partial charge < -0.3 is 25.1 Å². The average molecular weight is 306 g/mol. The summed E-state index contributed by atoms with van der Waals surface area (Å²) in [5.74, 6) is 1.26. The molecule has 2 aromatic rings. The second-order valence-corrected chi connectivity index (χ2v) is 4.51. The first-order valence-corrected chi connectivity index (χ1v) is 6.65. The van der Waals surface area contributed by atoms with Gasteiger partial charge in [0.15, 0.2) is 11.5 Å². The Kier molecular flexibility index (Phi) is 4.95. The Bertz CT molecular complexity index is 741. The second-order valence-electron chi connectivity index (χ2n) is 4.51. The van der Waals surface area contributed by atoms with E-state index < -0.39 is 0 Å². The van der Waals surface area contributed by atoms with Crippen LogP contribution in [0.4, 0.5) is 0 Å². The molecule has 0 unspecified atom stereocenters. The highest BCUT2D eigenvalue weighted by molar-refractivity contribution is 5.81. The lowest BCUT2D eigenvalue weighted by atomic mass is 10.2. The summed E-state index contributed by atoms with van der Waals surface area (Å²) >= 11 is 0. The number of hydrogen-bond acceptors (Lipinski definition) is 6. The van der Waals surface area contributed by atoms with Crippen LogP contribution in [-0.2, 0) is 11.3 Å². The zero-order valence-corrected chi connectivity index (χ0v) is 12.6. The van der Waals surface area contributed by atoms with Gasteiger partial charge in [-0.3, -0.25) is 9.59 Å². The summed E-state index contributed by atoms with van der Waals surface area (Å²) < 4.78 is 10.4. The summed E-state index contributed by atoms with van der Waals surface area (Å²) in [4.78, 5) is 30.3. The minimum absolute atomic E-state index is 0.143. The number of fused-ring (bicyclic) bond motifs is 1. The van der Waals surface area contributed by atoms with Crippen LogP contribution in [-0.4, -0.2) is 43.7 Å². The number of methoxy groups -OCH3 is 2. The number of H-pyrrole nitrogens is 1. The first-order chi connectivity index (χ1) is 10.6. The van der Waals surface area contributed by atoms with Crippen molar-refractivity contribution in [3.05, 3.63) is 28.3 Å². The molecule has 0 saturated heterocycles. The molecule has 0 atom stereocenters. The van der Waals surface area contributed by atoms with Gasteiger partial charge in [0.25, 0.3) is 5.56 Å².